The van der Waals surface area contributed by atoms with Crippen LogP contribution in [-0.2, 0) is 13.0 Å². The van der Waals surface area contributed by atoms with Gasteiger partial charge in [-0.15, -0.1) is 0 Å². The second-order valence-corrected chi connectivity index (χ2v) is 4.40. The molecule has 5 heteroatoms. The first-order chi connectivity index (χ1) is 7.26. The first-order valence-electron chi connectivity index (χ1n) is 5.08. The number of nitrogens with two attached hydrogens (primary N) is 1. The van der Waals surface area contributed by atoms with Crippen molar-refractivity contribution in [2.24, 2.45) is 5.73 Å². The van der Waals surface area contributed by atoms with E-state index in [4.69, 9.17) is 5.73 Å². The molecule has 0 saturated carbocycles. The van der Waals surface area contributed by atoms with E-state index in [9.17, 15) is 5.11 Å². The summed E-state index contributed by atoms with van der Waals surface area (Å²) in [6.45, 7) is 0.371. The van der Waals surface area contributed by atoms with Crippen LogP contribution in [-0.4, -0.2) is 21.3 Å². The third-order valence-corrected chi connectivity index (χ3v) is 3.23. The highest BCUT2D eigenvalue weighted by Gasteiger charge is 2.23. The van der Waals surface area contributed by atoms with Gasteiger partial charge in [0, 0.05) is 12.1 Å². The zero-order valence-electron chi connectivity index (χ0n) is 8.73. The largest absolute Gasteiger partial charge is 0.388 e. The molecule has 1 heterocycles. The second-order valence-electron chi connectivity index (χ2n) is 3.63. The number of thioether (sulfide) groups is 1. The van der Waals surface area contributed by atoms with Gasteiger partial charge < -0.3 is 10.8 Å². The van der Waals surface area contributed by atoms with Gasteiger partial charge in [0.25, 0.3) is 0 Å². The highest BCUT2D eigenvalue weighted by atomic mass is 32.2. The summed E-state index contributed by atoms with van der Waals surface area (Å²) in [5.41, 5.74) is 8.31. The van der Waals surface area contributed by atoms with Crippen molar-refractivity contribution in [2.45, 2.75) is 37.1 Å². The van der Waals surface area contributed by atoms with Gasteiger partial charge >= 0.3 is 0 Å². The summed E-state index contributed by atoms with van der Waals surface area (Å²) in [5.74, 6) is 0. The number of hydrogen-bond acceptors (Lipinski definition) is 5. The molecule has 15 heavy (non-hydrogen) atoms. The number of aliphatic hydroxyl groups is 1. The second kappa shape index (κ2) is 4.47. The summed E-state index contributed by atoms with van der Waals surface area (Å²) in [6, 6.07) is 0. The van der Waals surface area contributed by atoms with Gasteiger partial charge in [-0.3, -0.25) is 0 Å². The fourth-order valence-electron chi connectivity index (χ4n) is 1.97. The molecule has 2 rings (SSSR count). The zero-order chi connectivity index (χ0) is 10.8. The molecule has 0 spiro atoms. The number of fused-ring (bicyclic) bond motifs is 1. The van der Waals surface area contributed by atoms with E-state index in [0.717, 1.165) is 41.4 Å². The van der Waals surface area contributed by atoms with E-state index in [0.29, 0.717) is 6.54 Å². The molecule has 0 radical (unpaired) electrons. The summed E-state index contributed by atoms with van der Waals surface area (Å²) in [6.07, 6.45) is 4.23. The maximum absolute atomic E-state index is 9.89. The number of aryl methyl sites for hydroxylation is 1. The standard InChI is InChI=1S/C10H15N3OS/c1-15-10-12-6-3-2-4-8(14)9(6)7(5-11)13-10/h8,14H,2-5,11H2,1H3. The summed E-state index contributed by atoms with van der Waals surface area (Å²) in [4.78, 5) is 8.77. The van der Waals surface area contributed by atoms with Gasteiger partial charge in [-0.05, 0) is 25.5 Å². The van der Waals surface area contributed by atoms with Crippen LogP contribution in [0.15, 0.2) is 5.16 Å². The van der Waals surface area contributed by atoms with Crippen LogP contribution in [0, 0.1) is 0 Å². The van der Waals surface area contributed by atoms with Crippen molar-refractivity contribution in [3.63, 3.8) is 0 Å². The Kier molecular flexibility index (Phi) is 3.23. The molecule has 0 aliphatic heterocycles. The van der Waals surface area contributed by atoms with Crippen molar-refractivity contribution >= 4 is 11.8 Å². The molecule has 1 aliphatic rings. The minimum atomic E-state index is -0.428. The summed E-state index contributed by atoms with van der Waals surface area (Å²) < 4.78 is 0. The van der Waals surface area contributed by atoms with Crippen LogP contribution >= 0.6 is 11.8 Å². The molecule has 0 aromatic carbocycles. The van der Waals surface area contributed by atoms with E-state index >= 15 is 0 Å². The lowest BCUT2D eigenvalue weighted by molar-refractivity contribution is 0.153. The molecule has 4 nitrogen and oxygen atoms in total. The predicted molar refractivity (Wildman–Crippen MR) is 59.6 cm³/mol. The first kappa shape index (κ1) is 10.9. The zero-order valence-corrected chi connectivity index (χ0v) is 9.55. The van der Waals surface area contributed by atoms with Crippen LogP contribution in [0.5, 0.6) is 0 Å². The minimum Gasteiger partial charge on any atom is -0.388 e. The van der Waals surface area contributed by atoms with E-state index in [1.165, 1.54) is 11.8 Å². The number of rotatable bonds is 2. The molecule has 0 saturated heterocycles. The number of hydrogen-bond donors (Lipinski definition) is 2. The molecule has 82 valence electrons. The Morgan fingerprint density at radius 2 is 2.33 bits per heavy atom. The Hall–Kier alpha value is -0.650. The van der Waals surface area contributed by atoms with Gasteiger partial charge in [-0.25, -0.2) is 9.97 Å². The van der Waals surface area contributed by atoms with Crippen molar-refractivity contribution < 1.29 is 5.11 Å². The lowest BCUT2D eigenvalue weighted by atomic mass is 9.92. The van der Waals surface area contributed by atoms with Crippen LogP contribution in [0.3, 0.4) is 0 Å². The molecular weight excluding hydrogens is 210 g/mol. The van der Waals surface area contributed by atoms with E-state index in [2.05, 4.69) is 9.97 Å². The Balaban J connectivity index is 2.52. The summed E-state index contributed by atoms with van der Waals surface area (Å²) in [5, 5.41) is 10.6. The van der Waals surface area contributed by atoms with Gasteiger partial charge in [-0.2, -0.15) is 0 Å². The van der Waals surface area contributed by atoms with Gasteiger partial charge in [0.2, 0.25) is 0 Å². The normalized spacial score (nSPS) is 20.1. The molecule has 1 aromatic heterocycles. The van der Waals surface area contributed by atoms with Crippen molar-refractivity contribution in [3.05, 3.63) is 17.0 Å². The van der Waals surface area contributed by atoms with Crippen LogP contribution in [0.4, 0.5) is 0 Å². The smallest absolute Gasteiger partial charge is 0.187 e. The number of nitrogens with zero attached hydrogens (tertiary/aromatic N) is 2. The average Bonchev–Trinajstić information content (AvgIpc) is 2.27. The van der Waals surface area contributed by atoms with Crippen molar-refractivity contribution in [3.8, 4) is 0 Å². The van der Waals surface area contributed by atoms with Gasteiger partial charge in [0.1, 0.15) is 0 Å². The maximum atomic E-state index is 9.89. The van der Waals surface area contributed by atoms with Crippen molar-refractivity contribution in [2.75, 3.05) is 6.26 Å². The van der Waals surface area contributed by atoms with E-state index in [-0.39, 0.29) is 0 Å². The highest BCUT2D eigenvalue weighted by molar-refractivity contribution is 7.98. The third-order valence-electron chi connectivity index (χ3n) is 2.68. The first-order valence-corrected chi connectivity index (χ1v) is 6.30. The molecule has 0 fully saturated rings. The molecule has 0 amide bonds. The summed E-state index contributed by atoms with van der Waals surface area (Å²) in [7, 11) is 0. The number of aliphatic hydroxyl groups excluding tert-OH is 1. The van der Waals surface area contributed by atoms with Crippen LogP contribution in [0.1, 0.15) is 35.9 Å². The van der Waals surface area contributed by atoms with Crippen molar-refractivity contribution in [1.82, 2.24) is 9.97 Å². The average molecular weight is 225 g/mol. The van der Waals surface area contributed by atoms with Crippen LogP contribution in [0.2, 0.25) is 0 Å². The third kappa shape index (κ3) is 2.00. The van der Waals surface area contributed by atoms with Crippen molar-refractivity contribution in [1.29, 1.82) is 0 Å². The predicted octanol–water partition coefficient (Wildman–Crippen LogP) is 1.03. The maximum Gasteiger partial charge on any atom is 0.187 e. The topological polar surface area (TPSA) is 72.0 Å². The monoisotopic (exact) mass is 225 g/mol. The Bertz CT molecular complexity index is 353. The minimum absolute atomic E-state index is 0.371. The summed E-state index contributed by atoms with van der Waals surface area (Å²) >= 11 is 1.51. The molecule has 1 unspecified atom stereocenters. The highest BCUT2D eigenvalue weighted by Crippen LogP contribution is 2.31. The Morgan fingerprint density at radius 1 is 1.53 bits per heavy atom. The fraction of sp³-hybridized carbons (Fsp3) is 0.600. The van der Waals surface area contributed by atoms with E-state index in [1.54, 1.807) is 0 Å². The molecule has 1 atom stereocenters. The van der Waals surface area contributed by atoms with Crippen LogP contribution in [0.25, 0.3) is 0 Å². The van der Waals surface area contributed by atoms with Gasteiger partial charge in [0.05, 0.1) is 17.5 Å². The number of aromatic nitrogens is 2. The Morgan fingerprint density at radius 3 is 3.00 bits per heavy atom. The SMILES string of the molecule is CSc1nc(CN)c2c(n1)CCCC2O. The molecular formula is C10H15N3OS. The molecule has 1 aliphatic carbocycles. The molecule has 3 N–H and O–H groups in total. The van der Waals surface area contributed by atoms with E-state index < -0.39 is 6.10 Å². The Labute approximate surface area is 93.3 Å². The molecule has 0 bridgehead atoms. The van der Waals surface area contributed by atoms with Crippen LogP contribution < -0.4 is 5.73 Å². The molecule has 1 aromatic rings. The van der Waals surface area contributed by atoms with Gasteiger partial charge in [0.15, 0.2) is 5.16 Å². The lowest BCUT2D eigenvalue weighted by Crippen LogP contribution is -2.18. The fourth-order valence-corrected chi connectivity index (χ4v) is 2.38. The quantitative estimate of drug-likeness (QED) is 0.581. The van der Waals surface area contributed by atoms with E-state index in [1.807, 2.05) is 6.26 Å². The lowest BCUT2D eigenvalue weighted by Gasteiger charge is -2.22. The van der Waals surface area contributed by atoms with Gasteiger partial charge in [-0.1, -0.05) is 11.8 Å².